The quantitative estimate of drug-likeness (QED) is 0.569. The second-order valence-corrected chi connectivity index (χ2v) is 9.15. The van der Waals surface area contributed by atoms with E-state index in [4.69, 9.17) is 23.2 Å². The maximum Gasteiger partial charge on any atom is 0.261 e. The molecular formula is C17H14Cl2N4O3S2. The van der Waals surface area contributed by atoms with Crippen LogP contribution in [-0.2, 0) is 16.4 Å². The molecule has 28 heavy (non-hydrogen) atoms. The molecule has 0 aliphatic carbocycles. The minimum Gasteiger partial charge on any atom is -0.296 e. The molecule has 1 heterocycles. The summed E-state index contributed by atoms with van der Waals surface area (Å²) in [6.07, 6.45) is 0.693. The van der Waals surface area contributed by atoms with E-state index in [1.807, 2.05) is 6.92 Å². The van der Waals surface area contributed by atoms with Gasteiger partial charge in [-0.25, -0.2) is 8.42 Å². The molecule has 1 amide bonds. The minimum atomic E-state index is -3.93. The second kappa shape index (κ2) is 8.44. The molecule has 3 rings (SSSR count). The zero-order chi connectivity index (χ0) is 20.3. The van der Waals surface area contributed by atoms with E-state index in [0.29, 0.717) is 22.3 Å². The van der Waals surface area contributed by atoms with Crippen molar-refractivity contribution in [1.29, 1.82) is 0 Å². The van der Waals surface area contributed by atoms with Gasteiger partial charge in [0.15, 0.2) is 0 Å². The molecule has 1 aromatic heterocycles. The molecule has 0 radical (unpaired) electrons. The van der Waals surface area contributed by atoms with Gasteiger partial charge in [0.25, 0.3) is 15.9 Å². The summed E-state index contributed by atoms with van der Waals surface area (Å²) in [4.78, 5) is 12.4. The third-order valence-electron chi connectivity index (χ3n) is 3.58. The summed E-state index contributed by atoms with van der Waals surface area (Å²) in [5.41, 5.74) is 0.347. The number of amides is 1. The van der Waals surface area contributed by atoms with Gasteiger partial charge in [0.2, 0.25) is 5.13 Å². The first-order valence-corrected chi connectivity index (χ1v) is 11.1. The molecule has 2 aromatic carbocycles. The van der Waals surface area contributed by atoms with Crippen molar-refractivity contribution in [3.63, 3.8) is 0 Å². The minimum absolute atomic E-state index is 0.00824. The van der Waals surface area contributed by atoms with Gasteiger partial charge in [0, 0.05) is 10.7 Å². The van der Waals surface area contributed by atoms with E-state index in [0.717, 1.165) is 5.01 Å². The van der Waals surface area contributed by atoms with Crippen molar-refractivity contribution >= 4 is 61.3 Å². The van der Waals surface area contributed by atoms with Crippen LogP contribution >= 0.6 is 34.5 Å². The highest BCUT2D eigenvalue weighted by atomic mass is 35.5. The van der Waals surface area contributed by atoms with Crippen molar-refractivity contribution in [1.82, 2.24) is 10.2 Å². The van der Waals surface area contributed by atoms with Crippen LogP contribution in [0, 0.1) is 0 Å². The van der Waals surface area contributed by atoms with E-state index in [-0.39, 0.29) is 15.5 Å². The van der Waals surface area contributed by atoms with E-state index in [1.54, 1.807) is 12.1 Å². The van der Waals surface area contributed by atoms with Crippen LogP contribution in [0.1, 0.15) is 22.3 Å². The van der Waals surface area contributed by atoms with Gasteiger partial charge in [-0.2, -0.15) is 0 Å². The molecule has 11 heteroatoms. The molecule has 0 aliphatic heterocycles. The number of aryl methyl sites for hydroxylation is 1. The topological polar surface area (TPSA) is 101 Å². The number of rotatable bonds is 6. The van der Waals surface area contributed by atoms with Gasteiger partial charge in [-0.3, -0.25) is 14.8 Å². The number of carbonyl (C=O) groups is 1. The predicted octanol–water partition coefficient (Wildman–Crippen LogP) is 4.46. The highest BCUT2D eigenvalue weighted by molar-refractivity contribution is 7.92. The third kappa shape index (κ3) is 4.79. The summed E-state index contributed by atoms with van der Waals surface area (Å²) < 4.78 is 27.7. The fraction of sp³-hybridized carbons (Fsp3) is 0.118. The van der Waals surface area contributed by atoms with Gasteiger partial charge < -0.3 is 0 Å². The lowest BCUT2D eigenvalue weighted by Gasteiger charge is -2.10. The first kappa shape index (κ1) is 20.5. The maximum atomic E-state index is 12.6. The Labute approximate surface area is 175 Å². The molecule has 0 aliphatic rings. The summed E-state index contributed by atoms with van der Waals surface area (Å²) in [5.74, 6) is -0.577. The van der Waals surface area contributed by atoms with Crippen molar-refractivity contribution in [3.8, 4) is 0 Å². The van der Waals surface area contributed by atoms with Gasteiger partial charge in [-0.15, -0.1) is 10.2 Å². The first-order chi connectivity index (χ1) is 13.3. The van der Waals surface area contributed by atoms with E-state index < -0.39 is 15.9 Å². The van der Waals surface area contributed by atoms with Gasteiger partial charge in [-0.05, 0) is 48.9 Å². The monoisotopic (exact) mass is 456 g/mol. The number of hydrogen-bond acceptors (Lipinski definition) is 6. The van der Waals surface area contributed by atoms with Crippen molar-refractivity contribution in [2.75, 3.05) is 10.0 Å². The molecule has 3 aromatic rings. The summed E-state index contributed by atoms with van der Waals surface area (Å²) in [7, 11) is -3.93. The Balaban J connectivity index is 1.85. The number of nitrogens with one attached hydrogen (secondary N) is 2. The summed E-state index contributed by atoms with van der Waals surface area (Å²) in [6.45, 7) is 1.92. The van der Waals surface area contributed by atoms with Crippen LogP contribution in [0.3, 0.4) is 0 Å². The average Bonchev–Trinajstić information content (AvgIpc) is 3.11. The second-order valence-electron chi connectivity index (χ2n) is 5.56. The smallest absolute Gasteiger partial charge is 0.261 e. The molecule has 0 saturated carbocycles. The molecule has 0 bridgehead atoms. The lowest BCUT2D eigenvalue weighted by atomic mass is 10.2. The van der Waals surface area contributed by atoms with E-state index in [2.05, 4.69) is 20.2 Å². The normalized spacial score (nSPS) is 11.2. The zero-order valence-corrected chi connectivity index (χ0v) is 17.6. The van der Waals surface area contributed by atoms with Crippen molar-refractivity contribution in [2.45, 2.75) is 18.2 Å². The molecule has 0 spiro atoms. The van der Waals surface area contributed by atoms with Crippen LogP contribution in [-0.4, -0.2) is 24.5 Å². The number of benzene rings is 2. The molecular weight excluding hydrogens is 443 g/mol. The van der Waals surface area contributed by atoms with Gasteiger partial charge in [0.05, 0.1) is 15.5 Å². The number of nitrogens with zero attached hydrogens (tertiary/aromatic N) is 2. The number of anilines is 2. The number of hydrogen-bond donors (Lipinski definition) is 2. The Hall–Kier alpha value is -2.20. The molecule has 0 fully saturated rings. The third-order valence-corrected chi connectivity index (χ3v) is 6.52. The molecule has 0 saturated heterocycles. The van der Waals surface area contributed by atoms with Crippen molar-refractivity contribution < 1.29 is 13.2 Å². The van der Waals surface area contributed by atoms with Crippen LogP contribution in [0.4, 0.5) is 10.8 Å². The average molecular weight is 457 g/mol. The molecule has 2 N–H and O–H groups in total. The fourth-order valence-corrected chi connectivity index (χ4v) is 4.28. The van der Waals surface area contributed by atoms with Gasteiger partial charge in [-0.1, -0.05) is 41.5 Å². The maximum absolute atomic E-state index is 12.6. The van der Waals surface area contributed by atoms with Gasteiger partial charge >= 0.3 is 0 Å². The van der Waals surface area contributed by atoms with Crippen molar-refractivity contribution in [3.05, 3.63) is 63.1 Å². The fourth-order valence-electron chi connectivity index (χ4n) is 2.19. The first-order valence-electron chi connectivity index (χ1n) is 8.00. The summed E-state index contributed by atoms with van der Waals surface area (Å²) in [5, 5.41) is 12.0. The molecule has 7 nitrogen and oxygen atoms in total. The lowest BCUT2D eigenvalue weighted by Crippen LogP contribution is -2.16. The van der Waals surface area contributed by atoms with Crippen LogP contribution in [0.25, 0.3) is 0 Å². The SMILES string of the molecule is CCc1nnc(NC(=O)c2cc(S(=O)(=O)Nc3ccc(Cl)cc3)ccc2Cl)s1. The summed E-state index contributed by atoms with van der Waals surface area (Å²) >= 11 is 13.1. The summed E-state index contributed by atoms with van der Waals surface area (Å²) in [6, 6.07) is 10.1. The Bertz CT molecular complexity index is 1120. The van der Waals surface area contributed by atoms with Crippen LogP contribution < -0.4 is 10.0 Å². The molecule has 0 unspecified atom stereocenters. The van der Waals surface area contributed by atoms with E-state index in [1.165, 1.54) is 41.7 Å². The Morgan fingerprint density at radius 2 is 1.82 bits per heavy atom. The lowest BCUT2D eigenvalue weighted by molar-refractivity contribution is 0.102. The Morgan fingerprint density at radius 1 is 1.11 bits per heavy atom. The highest BCUT2D eigenvalue weighted by Gasteiger charge is 2.20. The predicted molar refractivity (Wildman–Crippen MR) is 111 cm³/mol. The van der Waals surface area contributed by atoms with Crippen LogP contribution in [0.15, 0.2) is 47.4 Å². The van der Waals surface area contributed by atoms with Crippen molar-refractivity contribution in [2.24, 2.45) is 0 Å². The van der Waals surface area contributed by atoms with E-state index >= 15 is 0 Å². The number of carbonyl (C=O) groups excluding carboxylic acids is 1. The van der Waals surface area contributed by atoms with E-state index in [9.17, 15) is 13.2 Å². The standard InChI is InChI=1S/C17H14Cl2N4O3S2/c1-2-15-21-22-17(27-15)20-16(24)13-9-12(7-8-14(13)19)28(25,26)23-11-5-3-10(18)4-6-11/h3-9,23H,2H2,1H3,(H,20,22,24). The number of halogens is 2. The van der Waals surface area contributed by atoms with Gasteiger partial charge in [0.1, 0.15) is 5.01 Å². The Kier molecular flexibility index (Phi) is 6.19. The molecule has 0 atom stereocenters. The largest absolute Gasteiger partial charge is 0.296 e. The van der Waals surface area contributed by atoms with Crippen LogP contribution in [0.2, 0.25) is 10.0 Å². The molecule has 146 valence electrons. The number of sulfonamides is 1. The Morgan fingerprint density at radius 3 is 2.46 bits per heavy atom. The van der Waals surface area contributed by atoms with Crippen LogP contribution in [0.5, 0.6) is 0 Å². The number of aromatic nitrogens is 2. The zero-order valence-electron chi connectivity index (χ0n) is 14.4. The highest BCUT2D eigenvalue weighted by Crippen LogP contribution is 2.25.